The first-order valence-electron chi connectivity index (χ1n) is 9.02. The molecule has 2 aromatic rings. The summed E-state index contributed by atoms with van der Waals surface area (Å²) in [4.78, 5) is 36.5. The Morgan fingerprint density at radius 1 is 0.964 bits per heavy atom. The van der Waals surface area contributed by atoms with Gasteiger partial charge in [-0.2, -0.15) is 0 Å². The van der Waals surface area contributed by atoms with Crippen LogP contribution < -0.4 is 5.32 Å². The van der Waals surface area contributed by atoms with Gasteiger partial charge in [-0.3, -0.25) is 9.59 Å². The fourth-order valence-electron chi connectivity index (χ4n) is 2.84. The van der Waals surface area contributed by atoms with Crippen molar-refractivity contribution in [2.24, 2.45) is 0 Å². The van der Waals surface area contributed by atoms with Gasteiger partial charge in [0.05, 0.1) is 0 Å². The molecular formula is C23H25NO4. The largest absolute Gasteiger partial charge is 0.453 e. The number of rotatable bonds is 6. The van der Waals surface area contributed by atoms with Gasteiger partial charge in [0.1, 0.15) is 5.70 Å². The highest BCUT2D eigenvalue weighted by molar-refractivity contribution is 6.02. The Bertz CT molecular complexity index is 943. The highest BCUT2D eigenvalue weighted by Crippen LogP contribution is 2.21. The average molecular weight is 379 g/mol. The van der Waals surface area contributed by atoms with Crippen molar-refractivity contribution in [3.05, 3.63) is 75.5 Å². The Morgan fingerprint density at radius 3 is 2.21 bits per heavy atom. The fourth-order valence-corrected chi connectivity index (χ4v) is 2.84. The topological polar surface area (TPSA) is 72.5 Å². The molecule has 0 unspecified atom stereocenters. The third kappa shape index (κ3) is 5.16. The monoisotopic (exact) mass is 379 g/mol. The number of esters is 1. The molecule has 0 saturated carbocycles. The molecule has 1 amide bonds. The number of hydrogen-bond donors (Lipinski definition) is 1. The first kappa shape index (κ1) is 21.1. The van der Waals surface area contributed by atoms with Crippen molar-refractivity contribution < 1.29 is 19.1 Å². The van der Waals surface area contributed by atoms with E-state index in [4.69, 9.17) is 4.74 Å². The second kappa shape index (κ2) is 9.13. The number of carbonyl (C=O) groups excluding carboxylic acids is 3. The third-order valence-corrected chi connectivity index (χ3v) is 4.76. The second-order valence-corrected chi connectivity index (χ2v) is 6.77. The zero-order valence-electron chi connectivity index (χ0n) is 16.9. The Kier molecular flexibility index (Phi) is 6.88. The summed E-state index contributed by atoms with van der Waals surface area (Å²) < 4.78 is 5.19. The zero-order valence-corrected chi connectivity index (χ0v) is 16.9. The number of Topliss-reactive ketones (excluding diaryl/α,β-unsaturated/α-hetero) is 1. The number of amides is 1. The molecule has 28 heavy (non-hydrogen) atoms. The van der Waals surface area contributed by atoms with Crippen LogP contribution >= 0.6 is 0 Å². The number of ketones is 1. The third-order valence-electron chi connectivity index (χ3n) is 4.76. The van der Waals surface area contributed by atoms with Crippen LogP contribution in [0.2, 0.25) is 0 Å². The van der Waals surface area contributed by atoms with Crippen LogP contribution in [0, 0.1) is 27.7 Å². The van der Waals surface area contributed by atoms with Crippen molar-refractivity contribution in [3.8, 4) is 0 Å². The van der Waals surface area contributed by atoms with E-state index in [9.17, 15) is 14.4 Å². The lowest BCUT2D eigenvalue weighted by atomic mass is 9.93. The van der Waals surface area contributed by atoms with Crippen LogP contribution in [-0.2, 0) is 14.3 Å². The van der Waals surface area contributed by atoms with Crippen LogP contribution in [-0.4, -0.2) is 24.3 Å². The van der Waals surface area contributed by atoms with Crippen molar-refractivity contribution in [3.63, 3.8) is 0 Å². The van der Waals surface area contributed by atoms with Gasteiger partial charge in [-0.25, -0.2) is 4.79 Å². The van der Waals surface area contributed by atoms with Crippen molar-refractivity contribution in [1.29, 1.82) is 0 Å². The minimum absolute atomic E-state index is 0.0144. The Labute approximate surface area is 165 Å². The molecule has 0 heterocycles. The lowest BCUT2D eigenvalue weighted by Gasteiger charge is -2.14. The Hall–Kier alpha value is -3.21. The van der Waals surface area contributed by atoms with Gasteiger partial charge in [0, 0.05) is 12.5 Å². The van der Waals surface area contributed by atoms with Crippen LogP contribution in [0.5, 0.6) is 0 Å². The summed E-state index contributed by atoms with van der Waals surface area (Å²) in [6.07, 6.45) is 1.51. The summed E-state index contributed by atoms with van der Waals surface area (Å²) in [7, 11) is 0. The van der Waals surface area contributed by atoms with Crippen LogP contribution in [0.25, 0.3) is 6.08 Å². The number of benzene rings is 2. The van der Waals surface area contributed by atoms with Gasteiger partial charge in [-0.05, 0) is 67.7 Å². The van der Waals surface area contributed by atoms with Crippen molar-refractivity contribution >= 4 is 23.7 Å². The molecule has 0 aliphatic rings. The number of carbonyl (C=O) groups is 3. The fraction of sp³-hybridized carbons (Fsp3) is 0.261. The van der Waals surface area contributed by atoms with E-state index in [1.807, 2.05) is 52.0 Å². The maximum Gasteiger partial charge on any atom is 0.355 e. The molecule has 2 rings (SSSR count). The van der Waals surface area contributed by atoms with E-state index in [-0.39, 0.29) is 11.5 Å². The molecule has 5 nitrogen and oxygen atoms in total. The molecule has 5 heteroatoms. The van der Waals surface area contributed by atoms with E-state index < -0.39 is 18.5 Å². The van der Waals surface area contributed by atoms with Gasteiger partial charge in [0.25, 0.3) is 0 Å². The van der Waals surface area contributed by atoms with E-state index in [1.165, 1.54) is 13.0 Å². The molecule has 0 aromatic heterocycles. The van der Waals surface area contributed by atoms with Gasteiger partial charge in [0.15, 0.2) is 6.61 Å². The van der Waals surface area contributed by atoms with E-state index in [0.717, 1.165) is 27.8 Å². The Balaban J connectivity index is 2.17. The second-order valence-electron chi connectivity index (χ2n) is 6.77. The van der Waals surface area contributed by atoms with E-state index in [2.05, 4.69) is 5.32 Å². The number of nitrogens with one attached hydrogen (secondary N) is 1. The maximum atomic E-state index is 12.6. The molecule has 0 aliphatic carbocycles. The maximum absolute atomic E-state index is 12.6. The minimum Gasteiger partial charge on any atom is -0.453 e. The smallest absolute Gasteiger partial charge is 0.355 e. The van der Waals surface area contributed by atoms with Crippen LogP contribution in [0.3, 0.4) is 0 Å². The Morgan fingerprint density at radius 2 is 1.61 bits per heavy atom. The summed E-state index contributed by atoms with van der Waals surface area (Å²) >= 11 is 0. The molecule has 1 N–H and O–H groups in total. The van der Waals surface area contributed by atoms with Crippen LogP contribution in [0.15, 0.2) is 42.1 Å². The van der Waals surface area contributed by atoms with Crippen molar-refractivity contribution in [2.45, 2.75) is 34.6 Å². The molecule has 0 spiro atoms. The van der Waals surface area contributed by atoms with Crippen LogP contribution in [0.1, 0.15) is 45.1 Å². The molecule has 2 aromatic carbocycles. The van der Waals surface area contributed by atoms with Crippen molar-refractivity contribution in [1.82, 2.24) is 5.32 Å². The predicted octanol–water partition coefficient (Wildman–Crippen LogP) is 3.82. The molecule has 0 aliphatic heterocycles. The molecule has 0 fully saturated rings. The highest BCUT2D eigenvalue weighted by Gasteiger charge is 2.18. The SMILES string of the molecule is CC(=O)NC(=Cc1ccccc1)C(=O)OCC(=O)c1cc(C)c(C)c(C)c1C. The number of aryl methyl sites for hydroxylation is 1. The first-order chi connectivity index (χ1) is 13.2. The summed E-state index contributed by atoms with van der Waals surface area (Å²) in [5, 5.41) is 2.47. The van der Waals surface area contributed by atoms with E-state index >= 15 is 0 Å². The summed E-state index contributed by atoms with van der Waals surface area (Å²) in [5.74, 6) is -1.43. The molecule has 0 bridgehead atoms. The first-order valence-corrected chi connectivity index (χ1v) is 9.02. The summed E-state index contributed by atoms with van der Waals surface area (Å²) in [6.45, 7) is 8.72. The normalized spacial score (nSPS) is 11.1. The minimum atomic E-state index is -0.759. The number of hydrogen-bond acceptors (Lipinski definition) is 4. The van der Waals surface area contributed by atoms with Gasteiger partial charge in [-0.1, -0.05) is 30.3 Å². The lowest BCUT2D eigenvalue weighted by molar-refractivity contribution is -0.139. The lowest BCUT2D eigenvalue weighted by Crippen LogP contribution is -2.27. The summed E-state index contributed by atoms with van der Waals surface area (Å²) in [5.41, 5.74) is 5.35. The van der Waals surface area contributed by atoms with Gasteiger partial charge in [-0.15, -0.1) is 0 Å². The zero-order chi connectivity index (χ0) is 20.8. The highest BCUT2D eigenvalue weighted by atomic mass is 16.5. The van der Waals surface area contributed by atoms with E-state index in [1.54, 1.807) is 12.1 Å². The molecule has 0 saturated heterocycles. The van der Waals surface area contributed by atoms with Crippen molar-refractivity contribution in [2.75, 3.05) is 6.61 Å². The predicted molar refractivity (Wildman–Crippen MR) is 109 cm³/mol. The molecule has 0 radical (unpaired) electrons. The number of ether oxygens (including phenoxy) is 1. The standard InChI is InChI=1S/C23H25NO4/c1-14-11-20(17(4)16(3)15(14)2)22(26)13-28-23(27)21(24-18(5)25)12-19-9-7-6-8-10-19/h6-12H,13H2,1-5H3,(H,24,25). The van der Waals surface area contributed by atoms with E-state index in [0.29, 0.717) is 5.56 Å². The average Bonchev–Trinajstić information content (AvgIpc) is 2.67. The van der Waals surface area contributed by atoms with Gasteiger partial charge in [0.2, 0.25) is 11.7 Å². The molecular weight excluding hydrogens is 354 g/mol. The molecule has 146 valence electrons. The van der Waals surface area contributed by atoms with Gasteiger partial charge >= 0.3 is 5.97 Å². The van der Waals surface area contributed by atoms with Crippen LogP contribution in [0.4, 0.5) is 0 Å². The van der Waals surface area contributed by atoms with Gasteiger partial charge < -0.3 is 10.1 Å². The molecule has 0 atom stereocenters. The quantitative estimate of drug-likeness (QED) is 0.470. The summed E-state index contributed by atoms with van der Waals surface area (Å²) in [6, 6.07) is 10.9.